The Hall–Kier alpha value is -2.67. The molecule has 0 radical (unpaired) electrons. The van der Waals surface area contributed by atoms with Gasteiger partial charge in [-0.3, -0.25) is 9.59 Å². The fourth-order valence-electron chi connectivity index (χ4n) is 2.28. The summed E-state index contributed by atoms with van der Waals surface area (Å²) in [5, 5.41) is 6.11. The highest BCUT2D eigenvalue weighted by atomic mass is 32.1. The number of hydrogen-bond acceptors (Lipinski definition) is 5. The van der Waals surface area contributed by atoms with Crippen LogP contribution in [0.5, 0.6) is 0 Å². The van der Waals surface area contributed by atoms with E-state index >= 15 is 0 Å². The van der Waals surface area contributed by atoms with E-state index in [1.807, 2.05) is 45.9 Å². The lowest BCUT2D eigenvalue weighted by Crippen LogP contribution is -2.30. The van der Waals surface area contributed by atoms with Crippen molar-refractivity contribution in [3.05, 3.63) is 46.3 Å². The van der Waals surface area contributed by atoms with E-state index in [2.05, 4.69) is 10.6 Å². The fourth-order valence-corrected chi connectivity index (χ4v) is 3.23. The Morgan fingerprint density at radius 2 is 1.75 bits per heavy atom. The SMILES string of the molecule is Cc1cccc(NC(=O)C(C)OC(=O)c2sc(NC(=O)C(C)(C)C)cc2C)c1. The first-order chi connectivity index (χ1) is 13.0. The minimum absolute atomic E-state index is 0.139. The predicted octanol–water partition coefficient (Wildman–Crippen LogP) is 4.53. The quantitative estimate of drug-likeness (QED) is 0.720. The number of amides is 2. The number of aryl methyl sites for hydroxylation is 2. The Balaban J connectivity index is 2.02. The first kappa shape index (κ1) is 21.6. The van der Waals surface area contributed by atoms with Crippen molar-refractivity contribution < 1.29 is 19.1 Å². The Morgan fingerprint density at radius 1 is 1.07 bits per heavy atom. The molecular weight excluding hydrogens is 376 g/mol. The van der Waals surface area contributed by atoms with Gasteiger partial charge in [-0.2, -0.15) is 0 Å². The molecule has 28 heavy (non-hydrogen) atoms. The number of benzene rings is 1. The molecule has 0 spiro atoms. The second kappa shape index (κ2) is 8.56. The number of esters is 1. The van der Waals surface area contributed by atoms with Crippen LogP contribution in [0.4, 0.5) is 10.7 Å². The lowest BCUT2D eigenvalue weighted by atomic mass is 9.96. The van der Waals surface area contributed by atoms with Crippen molar-refractivity contribution in [1.82, 2.24) is 0 Å². The molecule has 2 aromatic rings. The molecular formula is C21H26N2O4S. The Labute approximate surface area is 169 Å². The third-order valence-electron chi connectivity index (χ3n) is 3.96. The Kier molecular flexibility index (Phi) is 6.61. The van der Waals surface area contributed by atoms with Crippen molar-refractivity contribution in [3.63, 3.8) is 0 Å². The van der Waals surface area contributed by atoms with E-state index in [-0.39, 0.29) is 5.91 Å². The minimum atomic E-state index is -0.956. The van der Waals surface area contributed by atoms with Gasteiger partial charge in [-0.25, -0.2) is 4.79 Å². The number of hydrogen-bond donors (Lipinski definition) is 2. The second-order valence-corrected chi connectivity index (χ2v) is 8.79. The van der Waals surface area contributed by atoms with Gasteiger partial charge in [0.25, 0.3) is 5.91 Å². The van der Waals surface area contributed by atoms with E-state index in [1.54, 1.807) is 19.1 Å². The molecule has 1 unspecified atom stereocenters. The topological polar surface area (TPSA) is 84.5 Å². The van der Waals surface area contributed by atoms with Gasteiger partial charge in [0.1, 0.15) is 4.88 Å². The van der Waals surface area contributed by atoms with Gasteiger partial charge in [0, 0.05) is 11.1 Å². The number of carbonyl (C=O) groups is 3. The standard InChI is InChI=1S/C21H26N2O4S/c1-12-8-7-9-15(10-12)22-18(24)14(3)27-19(25)17-13(2)11-16(28-17)23-20(26)21(4,5)6/h7-11,14H,1-6H3,(H,22,24)(H,23,26). The molecule has 0 saturated heterocycles. The Morgan fingerprint density at radius 3 is 2.36 bits per heavy atom. The summed E-state index contributed by atoms with van der Waals surface area (Å²) < 4.78 is 5.31. The van der Waals surface area contributed by atoms with Crippen LogP contribution in [-0.2, 0) is 14.3 Å². The van der Waals surface area contributed by atoms with E-state index in [0.717, 1.165) is 16.9 Å². The maximum atomic E-state index is 12.5. The van der Waals surface area contributed by atoms with Crippen LogP contribution in [0.1, 0.15) is 48.5 Å². The second-order valence-electron chi connectivity index (χ2n) is 7.73. The zero-order chi connectivity index (χ0) is 21.1. The Bertz CT molecular complexity index is 896. The molecule has 0 fully saturated rings. The molecule has 150 valence electrons. The normalized spacial score (nSPS) is 12.2. The molecule has 1 aromatic heterocycles. The van der Waals surface area contributed by atoms with Gasteiger partial charge in [-0.05, 0) is 50.1 Å². The summed E-state index contributed by atoms with van der Waals surface area (Å²) >= 11 is 1.13. The van der Waals surface area contributed by atoms with Crippen LogP contribution in [0.2, 0.25) is 0 Å². The van der Waals surface area contributed by atoms with Crippen molar-refractivity contribution in [3.8, 4) is 0 Å². The van der Waals surface area contributed by atoms with Gasteiger partial charge >= 0.3 is 5.97 Å². The first-order valence-corrected chi connectivity index (χ1v) is 9.79. The van der Waals surface area contributed by atoms with E-state index < -0.39 is 23.4 Å². The van der Waals surface area contributed by atoms with Crippen LogP contribution in [-0.4, -0.2) is 23.9 Å². The van der Waals surface area contributed by atoms with Crippen LogP contribution in [0.25, 0.3) is 0 Å². The number of carbonyl (C=O) groups excluding carboxylic acids is 3. The molecule has 2 N–H and O–H groups in total. The number of nitrogens with one attached hydrogen (secondary N) is 2. The number of thiophene rings is 1. The van der Waals surface area contributed by atoms with Gasteiger partial charge < -0.3 is 15.4 Å². The summed E-state index contributed by atoms with van der Waals surface area (Å²) in [6.07, 6.45) is -0.956. The van der Waals surface area contributed by atoms with E-state index in [9.17, 15) is 14.4 Å². The summed E-state index contributed by atoms with van der Waals surface area (Å²) in [4.78, 5) is 37.2. The molecule has 7 heteroatoms. The third kappa shape index (κ3) is 5.66. The van der Waals surface area contributed by atoms with E-state index in [1.165, 1.54) is 6.92 Å². The van der Waals surface area contributed by atoms with Crippen molar-refractivity contribution >= 4 is 39.8 Å². The molecule has 0 saturated carbocycles. The lowest BCUT2D eigenvalue weighted by molar-refractivity contribution is -0.124. The summed E-state index contributed by atoms with van der Waals surface area (Å²) in [5.41, 5.74) is 1.81. The number of anilines is 2. The van der Waals surface area contributed by atoms with Crippen molar-refractivity contribution in [1.29, 1.82) is 0 Å². The molecule has 2 amide bonds. The van der Waals surface area contributed by atoms with Crippen molar-refractivity contribution in [2.75, 3.05) is 10.6 Å². The van der Waals surface area contributed by atoms with Crippen molar-refractivity contribution in [2.24, 2.45) is 5.41 Å². The maximum Gasteiger partial charge on any atom is 0.349 e. The third-order valence-corrected chi connectivity index (χ3v) is 5.09. The highest BCUT2D eigenvalue weighted by Crippen LogP contribution is 2.29. The molecule has 6 nitrogen and oxygen atoms in total. The number of ether oxygens (including phenoxy) is 1. The number of rotatable bonds is 5. The smallest absolute Gasteiger partial charge is 0.349 e. The molecule has 0 bridgehead atoms. The molecule has 0 aliphatic carbocycles. The summed E-state index contributed by atoms with van der Waals surface area (Å²) in [6.45, 7) is 10.6. The molecule has 1 atom stereocenters. The molecule has 2 rings (SSSR count). The molecule has 1 aromatic carbocycles. The largest absolute Gasteiger partial charge is 0.448 e. The van der Waals surface area contributed by atoms with Crippen LogP contribution in [0, 0.1) is 19.3 Å². The minimum Gasteiger partial charge on any atom is -0.448 e. The summed E-state index contributed by atoms with van der Waals surface area (Å²) in [7, 11) is 0. The lowest BCUT2D eigenvalue weighted by Gasteiger charge is -2.16. The molecule has 0 aliphatic rings. The van der Waals surface area contributed by atoms with E-state index in [4.69, 9.17) is 4.74 Å². The summed E-state index contributed by atoms with van der Waals surface area (Å²) in [6, 6.07) is 9.09. The predicted molar refractivity (Wildman–Crippen MR) is 112 cm³/mol. The van der Waals surface area contributed by atoms with Gasteiger partial charge in [0.15, 0.2) is 6.10 Å². The average molecular weight is 403 g/mol. The highest BCUT2D eigenvalue weighted by Gasteiger charge is 2.25. The summed E-state index contributed by atoms with van der Waals surface area (Å²) in [5.74, 6) is -1.14. The molecule has 0 aliphatic heterocycles. The van der Waals surface area contributed by atoms with Gasteiger partial charge in [-0.15, -0.1) is 11.3 Å². The van der Waals surface area contributed by atoms with Crippen molar-refractivity contribution in [2.45, 2.75) is 47.6 Å². The van der Waals surface area contributed by atoms with Gasteiger partial charge in [0.2, 0.25) is 5.91 Å². The zero-order valence-electron chi connectivity index (χ0n) is 17.0. The first-order valence-electron chi connectivity index (χ1n) is 8.98. The highest BCUT2D eigenvalue weighted by molar-refractivity contribution is 7.18. The van der Waals surface area contributed by atoms with Crippen LogP contribution in [0.15, 0.2) is 30.3 Å². The maximum absolute atomic E-state index is 12.5. The fraction of sp³-hybridized carbons (Fsp3) is 0.381. The van der Waals surface area contributed by atoms with Crippen LogP contribution >= 0.6 is 11.3 Å². The van der Waals surface area contributed by atoms with Gasteiger partial charge in [0.05, 0.1) is 5.00 Å². The van der Waals surface area contributed by atoms with Gasteiger partial charge in [-0.1, -0.05) is 32.9 Å². The molecule has 1 heterocycles. The zero-order valence-corrected chi connectivity index (χ0v) is 17.8. The average Bonchev–Trinajstić information content (AvgIpc) is 2.94. The van der Waals surface area contributed by atoms with Crippen LogP contribution < -0.4 is 10.6 Å². The van der Waals surface area contributed by atoms with E-state index in [0.29, 0.717) is 21.1 Å². The van der Waals surface area contributed by atoms with Crippen LogP contribution in [0.3, 0.4) is 0 Å². The monoisotopic (exact) mass is 402 g/mol.